The molecule has 18 heavy (non-hydrogen) atoms. The number of ether oxygens (including phenoxy) is 1. The van der Waals surface area contributed by atoms with Gasteiger partial charge in [-0.3, -0.25) is 0 Å². The summed E-state index contributed by atoms with van der Waals surface area (Å²) in [5.74, 6) is 6.98. The minimum atomic E-state index is 0.278. The molecule has 100 valence electrons. The van der Waals surface area contributed by atoms with Gasteiger partial charge in [0.15, 0.2) is 5.16 Å². The first-order chi connectivity index (χ1) is 8.76. The van der Waals surface area contributed by atoms with E-state index in [9.17, 15) is 0 Å². The highest BCUT2D eigenvalue weighted by Crippen LogP contribution is 2.22. The van der Waals surface area contributed by atoms with Gasteiger partial charge in [-0.05, 0) is 12.7 Å². The van der Waals surface area contributed by atoms with Crippen molar-refractivity contribution in [3.05, 3.63) is 6.07 Å². The summed E-state index contributed by atoms with van der Waals surface area (Å²) >= 11 is 1.51. The Bertz CT molecular complexity index is 381. The van der Waals surface area contributed by atoms with E-state index in [4.69, 9.17) is 10.6 Å². The predicted octanol–water partition coefficient (Wildman–Crippen LogP) is 1.10. The second-order valence-corrected chi connectivity index (χ2v) is 4.86. The number of thioether (sulfide) groups is 1. The average Bonchev–Trinajstić information content (AvgIpc) is 2.46. The van der Waals surface area contributed by atoms with Crippen LogP contribution in [0.4, 0.5) is 11.6 Å². The fourth-order valence-electron chi connectivity index (χ4n) is 1.91. The van der Waals surface area contributed by atoms with E-state index < -0.39 is 0 Å². The Hall–Kier alpha value is -1.05. The molecule has 2 heterocycles. The van der Waals surface area contributed by atoms with Crippen molar-refractivity contribution in [2.24, 2.45) is 5.84 Å². The first-order valence-corrected chi connectivity index (χ1v) is 7.25. The van der Waals surface area contributed by atoms with Gasteiger partial charge in [0.2, 0.25) is 0 Å². The third kappa shape index (κ3) is 3.04. The lowest BCUT2D eigenvalue weighted by atomic mass is 10.2. The van der Waals surface area contributed by atoms with E-state index in [1.165, 1.54) is 11.8 Å². The lowest BCUT2D eigenvalue weighted by Crippen LogP contribution is -2.42. The van der Waals surface area contributed by atoms with Gasteiger partial charge in [0.25, 0.3) is 0 Å². The summed E-state index contributed by atoms with van der Waals surface area (Å²) in [6.07, 6.45) is 3.24. The normalized spacial score (nSPS) is 19.9. The largest absolute Gasteiger partial charge is 0.375 e. The highest BCUT2D eigenvalue weighted by Gasteiger charge is 2.21. The standard InChI is InChI=1S/C11H19N5OS/c1-3-8-7-16(4-5-17-8)10-6-9(15-12)13-11(14-10)18-2/h6,8H,3-5,7,12H2,1-2H3,(H,13,14,15). The fraction of sp³-hybridized carbons (Fsp3) is 0.636. The van der Waals surface area contributed by atoms with Crippen LogP contribution in [-0.2, 0) is 4.74 Å². The van der Waals surface area contributed by atoms with E-state index in [2.05, 4.69) is 27.2 Å². The lowest BCUT2D eigenvalue weighted by Gasteiger charge is -2.33. The minimum absolute atomic E-state index is 0.278. The third-order valence-corrected chi connectivity index (χ3v) is 3.49. The molecule has 1 aromatic rings. The summed E-state index contributed by atoms with van der Waals surface area (Å²) in [4.78, 5) is 11.0. The van der Waals surface area contributed by atoms with Crippen LogP contribution in [0.3, 0.4) is 0 Å². The molecule has 0 spiro atoms. The Labute approximate surface area is 111 Å². The molecule has 0 aliphatic carbocycles. The van der Waals surface area contributed by atoms with Crippen molar-refractivity contribution in [3.63, 3.8) is 0 Å². The van der Waals surface area contributed by atoms with Crippen LogP contribution in [0.2, 0.25) is 0 Å². The Morgan fingerprint density at radius 2 is 2.44 bits per heavy atom. The molecule has 3 N–H and O–H groups in total. The molecule has 6 nitrogen and oxygen atoms in total. The molecule has 1 aromatic heterocycles. The van der Waals surface area contributed by atoms with Gasteiger partial charge in [0.1, 0.15) is 11.6 Å². The maximum absolute atomic E-state index is 5.66. The van der Waals surface area contributed by atoms with Crippen LogP contribution in [0.25, 0.3) is 0 Å². The third-order valence-electron chi connectivity index (χ3n) is 2.94. The Kier molecular flexibility index (Phi) is 4.62. The molecule has 1 aliphatic rings. The summed E-state index contributed by atoms with van der Waals surface area (Å²) in [6.45, 7) is 4.59. The minimum Gasteiger partial charge on any atom is -0.375 e. The number of hydrogen-bond acceptors (Lipinski definition) is 7. The van der Waals surface area contributed by atoms with Gasteiger partial charge in [-0.15, -0.1) is 0 Å². The summed E-state index contributed by atoms with van der Waals surface area (Å²) in [7, 11) is 0. The van der Waals surface area contributed by atoms with Gasteiger partial charge in [0, 0.05) is 19.2 Å². The Morgan fingerprint density at radius 3 is 3.11 bits per heavy atom. The van der Waals surface area contributed by atoms with E-state index in [1.807, 2.05) is 12.3 Å². The smallest absolute Gasteiger partial charge is 0.191 e. The van der Waals surface area contributed by atoms with Gasteiger partial charge >= 0.3 is 0 Å². The molecule has 2 rings (SSSR count). The van der Waals surface area contributed by atoms with Crippen molar-refractivity contribution < 1.29 is 4.74 Å². The van der Waals surface area contributed by atoms with Crippen LogP contribution in [0.15, 0.2) is 11.2 Å². The number of rotatable bonds is 4. The van der Waals surface area contributed by atoms with Crippen molar-refractivity contribution in [2.75, 3.05) is 36.3 Å². The SMILES string of the molecule is CCC1CN(c2cc(NN)nc(SC)n2)CCO1. The summed E-state index contributed by atoms with van der Waals surface area (Å²) in [5.41, 5.74) is 2.58. The van der Waals surface area contributed by atoms with E-state index in [-0.39, 0.29) is 6.10 Å². The average molecular weight is 269 g/mol. The molecule has 1 atom stereocenters. The molecule has 0 aromatic carbocycles. The Morgan fingerprint density at radius 1 is 1.61 bits per heavy atom. The van der Waals surface area contributed by atoms with Crippen LogP contribution in [-0.4, -0.2) is 42.0 Å². The van der Waals surface area contributed by atoms with Crippen LogP contribution in [0.5, 0.6) is 0 Å². The van der Waals surface area contributed by atoms with Crippen LogP contribution < -0.4 is 16.2 Å². The summed E-state index contributed by atoms with van der Waals surface area (Å²) in [6, 6.07) is 1.87. The first kappa shape index (κ1) is 13.4. The number of hydrogen-bond donors (Lipinski definition) is 2. The molecule has 0 saturated carbocycles. The number of anilines is 2. The van der Waals surface area contributed by atoms with E-state index >= 15 is 0 Å². The molecule has 1 aliphatic heterocycles. The van der Waals surface area contributed by atoms with Gasteiger partial charge < -0.3 is 15.1 Å². The molecule has 1 fully saturated rings. The van der Waals surface area contributed by atoms with Crippen LogP contribution >= 0.6 is 11.8 Å². The number of nitrogen functional groups attached to an aromatic ring is 1. The van der Waals surface area contributed by atoms with Gasteiger partial charge in [-0.2, -0.15) is 0 Å². The number of nitrogens with zero attached hydrogens (tertiary/aromatic N) is 3. The predicted molar refractivity (Wildman–Crippen MR) is 73.9 cm³/mol. The molecule has 0 bridgehead atoms. The van der Waals surface area contributed by atoms with E-state index in [0.29, 0.717) is 5.82 Å². The Balaban J connectivity index is 2.20. The molecule has 7 heteroatoms. The zero-order valence-corrected chi connectivity index (χ0v) is 11.5. The summed E-state index contributed by atoms with van der Waals surface area (Å²) in [5, 5.41) is 0.722. The highest BCUT2D eigenvalue weighted by molar-refractivity contribution is 7.98. The van der Waals surface area contributed by atoms with Crippen molar-refractivity contribution in [2.45, 2.75) is 24.6 Å². The number of aromatic nitrogens is 2. The van der Waals surface area contributed by atoms with Crippen LogP contribution in [0.1, 0.15) is 13.3 Å². The van der Waals surface area contributed by atoms with Gasteiger partial charge in [0.05, 0.1) is 12.7 Å². The van der Waals surface area contributed by atoms with E-state index in [0.717, 1.165) is 37.1 Å². The van der Waals surface area contributed by atoms with Gasteiger partial charge in [-0.25, -0.2) is 15.8 Å². The first-order valence-electron chi connectivity index (χ1n) is 6.03. The lowest BCUT2D eigenvalue weighted by molar-refractivity contribution is 0.0381. The van der Waals surface area contributed by atoms with Crippen molar-refractivity contribution in [3.8, 4) is 0 Å². The fourth-order valence-corrected chi connectivity index (χ4v) is 2.29. The topological polar surface area (TPSA) is 76.3 Å². The second-order valence-electron chi connectivity index (χ2n) is 4.09. The molecule has 0 radical (unpaired) electrons. The maximum atomic E-state index is 5.66. The molecular weight excluding hydrogens is 250 g/mol. The zero-order valence-electron chi connectivity index (χ0n) is 10.7. The monoisotopic (exact) mass is 269 g/mol. The van der Waals surface area contributed by atoms with Crippen molar-refractivity contribution in [1.82, 2.24) is 9.97 Å². The highest BCUT2D eigenvalue weighted by atomic mass is 32.2. The number of nitrogens with one attached hydrogen (secondary N) is 1. The van der Waals surface area contributed by atoms with Crippen LogP contribution in [0, 0.1) is 0 Å². The molecular formula is C11H19N5OS. The molecule has 1 saturated heterocycles. The molecule has 0 amide bonds. The quantitative estimate of drug-likeness (QED) is 0.367. The van der Waals surface area contributed by atoms with E-state index in [1.54, 1.807) is 0 Å². The zero-order chi connectivity index (χ0) is 13.0. The van der Waals surface area contributed by atoms with Crippen molar-refractivity contribution >= 4 is 23.4 Å². The maximum Gasteiger partial charge on any atom is 0.191 e. The number of nitrogens with two attached hydrogens (primary N) is 1. The number of morpholine rings is 1. The second kappa shape index (κ2) is 6.21. The van der Waals surface area contributed by atoms with Crippen molar-refractivity contribution in [1.29, 1.82) is 0 Å². The van der Waals surface area contributed by atoms with Gasteiger partial charge in [-0.1, -0.05) is 18.7 Å². The molecule has 1 unspecified atom stereocenters. The number of hydrazine groups is 1. The summed E-state index contributed by atoms with van der Waals surface area (Å²) < 4.78 is 5.66.